The van der Waals surface area contributed by atoms with E-state index in [9.17, 15) is 35.9 Å². The second kappa shape index (κ2) is 12.3. The van der Waals surface area contributed by atoms with Crippen molar-refractivity contribution in [2.24, 2.45) is 0 Å². The van der Waals surface area contributed by atoms with Crippen LogP contribution in [-0.2, 0) is 42.3 Å². The number of benzene rings is 2. The third kappa shape index (κ3) is 7.25. The van der Waals surface area contributed by atoms with Crippen molar-refractivity contribution in [2.45, 2.75) is 51.2 Å². The number of aromatic nitrogens is 2. The number of nitrogens with zero attached hydrogens (tertiary/aromatic N) is 4. The first-order valence-corrected chi connectivity index (χ1v) is 15.8. The molecular formula is C29H33F4N5O4S. The number of β-amino-alcohol motifs (C(OH)–C–C–N with tert-alkyl or cyclic N) is 1. The van der Waals surface area contributed by atoms with Crippen LogP contribution in [0.5, 0.6) is 0 Å². The van der Waals surface area contributed by atoms with Crippen LogP contribution in [-0.4, -0.2) is 77.0 Å². The van der Waals surface area contributed by atoms with Gasteiger partial charge in [-0.25, -0.2) is 12.8 Å². The molecule has 1 saturated heterocycles. The van der Waals surface area contributed by atoms with E-state index in [2.05, 4.69) is 15.3 Å². The zero-order valence-electron chi connectivity index (χ0n) is 23.6. The van der Waals surface area contributed by atoms with Crippen LogP contribution < -0.4 is 5.32 Å². The molecule has 0 radical (unpaired) electrons. The molecule has 5 rings (SSSR count). The molecule has 0 spiro atoms. The first-order chi connectivity index (χ1) is 20.3. The Bertz CT molecular complexity index is 1590. The molecule has 3 heterocycles. The largest absolute Gasteiger partial charge is 0.416 e. The predicted octanol–water partition coefficient (Wildman–Crippen LogP) is 3.41. The van der Waals surface area contributed by atoms with Crippen molar-refractivity contribution >= 4 is 15.9 Å². The minimum Gasteiger partial charge on any atom is -0.390 e. The number of alkyl halides is 3. The fraction of sp³-hybridized carbons (Fsp3) is 0.448. The topological polar surface area (TPSA) is 108 Å². The Morgan fingerprint density at radius 2 is 1.77 bits per heavy atom. The number of hydrogen-bond acceptors (Lipinski definition) is 6. The number of halogens is 4. The van der Waals surface area contributed by atoms with Crippen molar-refractivity contribution in [1.29, 1.82) is 0 Å². The van der Waals surface area contributed by atoms with Gasteiger partial charge in [0.15, 0.2) is 0 Å². The van der Waals surface area contributed by atoms with Crippen molar-refractivity contribution in [3.63, 3.8) is 0 Å². The number of rotatable bonds is 9. The van der Waals surface area contributed by atoms with Crippen LogP contribution in [0.25, 0.3) is 11.3 Å². The molecule has 9 nitrogen and oxygen atoms in total. The molecular weight excluding hydrogens is 590 g/mol. The first-order valence-electron chi connectivity index (χ1n) is 14.0. The third-order valence-electron chi connectivity index (χ3n) is 7.85. The summed E-state index contributed by atoms with van der Waals surface area (Å²) >= 11 is 0. The Kier molecular flexibility index (Phi) is 8.93. The Balaban J connectivity index is 1.48. The summed E-state index contributed by atoms with van der Waals surface area (Å²) < 4.78 is 82.8. The molecule has 0 saturated carbocycles. The number of likely N-dealkylation sites (tertiary alicyclic amines) is 1. The quantitative estimate of drug-likeness (QED) is 0.354. The molecule has 232 valence electrons. The number of sulfonamides is 1. The van der Waals surface area contributed by atoms with Gasteiger partial charge in [-0.2, -0.15) is 22.6 Å². The number of nitrogens with one attached hydrogen (secondary N) is 1. The van der Waals surface area contributed by atoms with Gasteiger partial charge in [0.1, 0.15) is 5.82 Å². The minimum absolute atomic E-state index is 0.0105. The summed E-state index contributed by atoms with van der Waals surface area (Å²) in [7, 11) is -3.56. The number of carbonyl (C=O) groups excluding carboxylic acids is 1. The Labute approximate surface area is 247 Å². The van der Waals surface area contributed by atoms with Gasteiger partial charge in [-0.05, 0) is 67.9 Å². The van der Waals surface area contributed by atoms with Crippen LogP contribution in [0.3, 0.4) is 0 Å². The Hall–Kier alpha value is -3.33. The summed E-state index contributed by atoms with van der Waals surface area (Å²) in [4.78, 5) is 14.7. The van der Waals surface area contributed by atoms with Crippen molar-refractivity contribution in [3.8, 4) is 11.3 Å². The van der Waals surface area contributed by atoms with Crippen LogP contribution >= 0.6 is 0 Å². The normalized spacial score (nSPS) is 17.2. The van der Waals surface area contributed by atoms with Crippen molar-refractivity contribution < 1.29 is 35.9 Å². The van der Waals surface area contributed by atoms with Crippen molar-refractivity contribution in [2.75, 3.05) is 32.4 Å². The highest BCUT2D eigenvalue weighted by Crippen LogP contribution is 2.37. The molecule has 43 heavy (non-hydrogen) atoms. The van der Waals surface area contributed by atoms with E-state index in [1.165, 1.54) is 28.6 Å². The molecule has 14 heteroatoms. The lowest BCUT2D eigenvalue weighted by Crippen LogP contribution is -2.37. The van der Waals surface area contributed by atoms with Gasteiger partial charge in [-0.15, -0.1) is 0 Å². The van der Waals surface area contributed by atoms with Gasteiger partial charge in [0, 0.05) is 55.0 Å². The number of hydrogen-bond donors (Lipinski definition) is 2. The van der Waals surface area contributed by atoms with E-state index in [0.717, 1.165) is 56.1 Å². The average Bonchev–Trinajstić information content (AvgIpc) is 3.58. The lowest BCUT2D eigenvalue weighted by Gasteiger charge is -2.26. The second-order valence-electron chi connectivity index (χ2n) is 11.0. The van der Waals surface area contributed by atoms with E-state index in [4.69, 9.17) is 0 Å². The molecule has 3 aromatic rings. The van der Waals surface area contributed by atoms with E-state index in [0.29, 0.717) is 29.8 Å². The third-order valence-corrected chi connectivity index (χ3v) is 9.10. The summed E-state index contributed by atoms with van der Waals surface area (Å²) in [6.07, 6.45) is -1.89. The van der Waals surface area contributed by atoms with Gasteiger partial charge in [-0.3, -0.25) is 9.48 Å². The van der Waals surface area contributed by atoms with Gasteiger partial charge in [0.25, 0.3) is 5.91 Å². The monoisotopic (exact) mass is 623 g/mol. The van der Waals surface area contributed by atoms with Gasteiger partial charge < -0.3 is 15.3 Å². The standard InChI is InChI=1S/C29H33F4N5O4S/c1-43(41,42)37-13-10-26-24(18-37)27(35-38(26)17-23(39)16-36-11-2-3-12-36)20-6-9-25(29(31,32)33)21(14-20)15-34-28(40)19-4-7-22(30)8-5-19/h4-9,14,23,39H,2-3,10-13,15-18H2,1H3,(H,34,40). The van der Waals surface area contributed by atoms with Gasteiger partial charge in [0.2, 0.25) is 10.0 Å². The van der Waals surface area contributed by atoms with Crippen molar-refractivity contribution in [3.05, 3.63) is 76.2 Å². The van der Waals surface area contributed by atoms with E-state index >= 15 is 0 Å². The Morgan fingerprint density at radius 1 is 1.07 bits per heavy atom. The zero-order chi connectivity index (χ0) is 30.9. The summed E-state index contributed by atoms with van der Waals surface area (Å²) in [6.45, 7) is 2.14. The van der Waals surface area contributed by atoms with Gasteiger partial charge in [0.05, 0.1) is 30.2 Å². The number of fused-ring (bicyclic) bond motifs is 1. The molecule has 2 aromatic carbocycles. The number of aliphatic hydroxyl groups is 1. The summed E-state index contributed by atoms with van der Waals surface area (Å²) in [6, 6.07) is 8.12. The van der Waals surface area contributed by atoms with Crippen molar-refractivity contribution in [1.82, 2.24) is 24.3 Å². The lowest BCUT2D eigenvalue weighted by atomic mass is 9.97. The van der Waals surface area contributed by atoms with Crippen LogP contribution in [0.1, 0.15) is 45.6 Å². The molecule has 1 atom stereocenters. The predicted molar refractivity (Wildman–Crippen MR) is 151 cm³/mol. The molecule has 1 unspecified atom stereocenters. The molecule has 1 fully saturated rings. The zero-order valence-corrected chi connectivity index (χ0v) is 24.4. The van der Waals surface area contributed by atoms with Crippen LogP contribution in [0.15, 0.2) is 42.5 Å². The highest BCUT2D eigenvalue weighted by atomic mass is 32.2. The maximum atomic E-state index is 14.0. The average molecular weight is 624 g/mol. The molecule has 2 aliphatic rings. The number of aliphatic hydroxyl groups excluding tert-OH is 1. The SMILES string of the molecule is CS(=O)(=O)N1CCc2c(c(-c3ccc(C(F)(F)F)c(CNC(=O)c4ccc(F)cc4)c3)nn2CC(O)CN2CCCC2)C1. The summed E-state index contributed by atoms with van der Waals surface area (Å²) in [5, 5.41) is 18.0. The molecule has 2 N–H and O–H groups in total. The van der Waals surface area contributed by atoms with Gasteiger partial charge in [-0.1, -0.05) is 6.07 Å². The van der Waals surface area contributed by atoms with E-state index in [1.807, 2.05) is 0 Å². The van der Waals surface area contributed by atoms with Gasteiger partial charge >= 0.3 is 6.18 Å². The first kappa shape index (κ1) is 31.1. The molecule has 0 aliphatic carbocycles. The summed E-state index contributed by atoms with van der Waals surface area (Å²) in [5.74, 6) is -1.22. The van der Waals surface area contributed by atoms with E-state index in [1.54, 1.807) is 4.68 Å². The molecule has 1 aromatic heterocycles. The van der Waals surface area contributed by atoms with E-state index in [-0.39, 0.29) is 30.8 Å². The van der Waals surface area contributed by atoms with Crippen LogP contribution in [0.4, 0.5) is 17.6 Å². The summed E-state index contributed by atoms with van der Waals surface area (Å²) in [5.41, 5.74) is 0.853. The molecule has 1 amide bonds. The molecule has 0 bridgehead atoms. The van der Waals surface area contributed by atoms with Crippen LogP contribution in [0, 0.1) is 5.82 Å². The van der Waals surface area contributed by atoms with Crippen LogP contribution in [0.2, 0.25) is 0 Å². The maximum Gasteiger partial charge on any atom is 0.416 e. The fourth-order valence-corrected chi connectivity index (χ4v) is 6.48. The maximum absolute atomic E-state index is 14.0. The lowest BCUT2D eigenvalue weighted by molar-refractivity contribution is -0.138. The highest BCUT2D eigenvalue weighted by Gasteiger charge is 2.35. The number of amides is 1. The number of carbonyl (C=O) groups is 1. The van der Waals surface area contributed by atoms with E-state index < -0.39 is 46.1 Å². The second-order valence-corrected chi connectivity index (χ2v) is 13.0. The Morgan fingerprint density at radius 3 is 2.42 bits per heavy atom. The highest BCUT2D eigenvalue weighted by molar-refractivity contribution is 7.88. The minimum atomic E-state index is -4.71. The molecule has 2 aliphatic heterocycles. The fourth-order valence-electron chi connectivity index (χ4n) is 5.70. The smallest absolute Gasteiger partial charge is 0.390 e.